The minimum Gasteiger partial charge on any atom is -0.476 e. The smallest absolute Gasteiger partial charge is 0.333 e. The van der Waals surface area contributed by atoms with Gasteiger partial charge in [0.05, 0.1) is 19.2 Å². The first-order chi connectivity index (χ1) is 13.9. The highest BCUT2D eigenvalue weighted by Crippen LogP contribution is 2.38. The first-order valence-electron chi connectivity index (χ1n) is 9.68. The standard InChI is InChI=1S/C19H20N4O5S/c24-16-7-8-28-18-15(10-20-23(16)18)29(26,27)22-19(25)21-17-13-5-1-3-11(13)9-12-4-2-6-14(12)17/h9-10H,1-8H2,(H2,21,22,25). The predicted octanol–water partition coefficient (Wildman–Crippen LogP) is 1.79. The van der Waals surface area contributed by atoms with Crippen LogP contribution in [0.25, 0.3) is 0 Å². The summed E-state index contributed by atoms with van der Waals surface area (Å²) in [6.07, 6.45) is 6.89. The average Bonchev–Trinajstić information content (AvgIpc) is 3.40. The fourth-order valence-corrected chi connectivity index (χ4v) is 5.41. The van der Waals surface area contributed by atoms with E-state index in [1.807, 2.05) is 4.72 Å². The second kappa shape index (κ2) is 6.58. The first kappa shape index (κ1) is 18.2. The van der Waals surface area contributed by atoms with Crippen LogP contribution in [0.2, 0.25) is 0 Å². The minimum absolute atomic E-state index is 0.0710. The van der Waals surface area contributed by atoms with Gasteiger partial charge in [-0.2, -0.15) is 9.78 Å². The Morgan fingerprint density at radius 3 is 2.45 bits per heavy atom. The highest BCUT2D eigenvalue weighted by molar-refractivity contribution is 7.90. The number of aromatic nitrogens is 2. The van der Waals surface area contributed by atoms with E-state index in [2.05, 4.69) is 16.5 Å². The summed E-state index contributed by atoms with van der Waals surface area (Å²) in [4.78, 5) is 24.1. The molecular formula is C19H20N4O5S. The molecule has 29 heavy (non-hydrogen) atoms. The molecule has 0 radical (unpaired) electrons. The molecule has 2 heterocycles. The number of carbonyl (C=O) groups excluding carboxylic acids is 2. The second-order valence-electron chi connectivity index (χ2n) is 7.51. The number of urea groups is 1. The summed E-state index contributed by atoms with van der Waals surface area (Å²) in [5.74, 6) is -0.518. The van der Waals surface area contributed by atoms with Crippen molar-refractivity contribution in [2.24, 2.45) is 0 Å². The van der Waals surface area contributed by atoms with Crippen LogP contribution in [0.4, 0.5) is 10.5 Å². The van der Waals surface area contributed by atoms with Gasteiger partial charge in [-0.25, -0.2) is 17.9 Å². The topological polar surface area (TPSA) is 119 Å². The molecule has 9 nitrogen and oxygen atoms in total. The fraction of sp³-hybridized carbons (Fsp3) is 0.421. The van der Waals surface area contributed by atoms with Crippen LogP contribution in [0.15, 0.2) is 17.2 Å². The number of ether oxygens (including phenoxy) is 1. The van der Waals surface area contributed by atoms with Gasteiger partial charge in [-0.05, 0) is 60.8 Å². The molecule has 0 saturated carbocycles. The van der Waals surface area contributed by atoms with Gasteiger partial charge in [0, 0.05) is 5.69 Å². The monoisotopic (exact) mass is 416 g/mol. The Morgan fingerprint density at radius 2 is 1.76 bits per heavy atom. The van der Waals surface area contributed by atoms with E-state index < -0.39 is 16.1 Å². The van der Waals surface area contributed by atoms with E-state index in [0.29, 0.717) is 0 Å². The third-order valence-corrected chi connectivity index (χ3v) is 7.03. The maximum Gasteiger partial charge on any atom is 0.333 e. The number of sulfonamides is 1. The van der Waals surface area contributed by atoms with Gasteiger partial charge in [0.25, 0.3) is 15.9 Å². The zero-order valence-electron chi connectivity index (χ0n) is 15.7. The van der Waals surface area contributed by atoms with Crippen LogP contribution >= 0.6 is 0 Å². The lowest BCUT2D eigenvalue weighted by Crippen LogP contribution is -2.35. The van der Waals surface area contributed by atoms with Crippen molar-refractivity contribution in [1.82, 2.24) is 14.5 Å². The normalized spacial score (nSPS) is 17.3. The SMILES string of the molecule is O=C(Nc1c2c(cc3c1CCC3)CCC2)NS(=O)(=O)c1cnn2c1OCCC2=O. The van der Waals surface area contributed by atoms with Crippen molar-refractivity contribution in [3.63, 3.8) is 0 Å². The van der Waals surface area contributed by atoms with E-state index in [-0.39, 0.29) is 29.7 Å². The molecule has 2 N–H and O–H groups in total. The Hall–Kier alpha value is -2.88. The molecule has 152 valence electrons. The fourth-order valence-electron chi connectivity index (χ4n) is 4.44. The van der Waals surface area contributed by atoms with Gasteiger partial charge in [-0.1, -0.05) is 6.07 Å². The minimum atomic E-state index is -4.25. The molecule has 0 saturated heterocycles. The number of rotatable bonds is 3. The van der Waals surface area contributed by atoms with E-state index >= 15 is 0 Å². The van der Waals surface area contributed by atoms with E-state index in [1.54, 1.807) is 0 Å². The van der Waals surface area contributed by atoms with Gasteiger partial charge >= 0.3 is 6.03 Å². The zero-order chi connectivity index (χ0) is 20.2. The van der Waals surface area contributed by atoms with E-state index in [1.165, 1.54) is 11.1 Å². The number of aryl methyl sites for hydroxylation is 2. The number of hydrogen-bond acceptors (Lipinski definition) is 6. The molecule has 0 fully saturated rings. The number of nitrogens with zero attached hydrogens (tertiary/aromatic N) is 2. The summed E-state index contributed by atoms with van der Waals surface area (Å²) < 4.78 is 33.7. The summed E-state index contributed by atoms with van der Waals surface area (Å²) in [6, 6.07) is 1.40. The van der Waals surface area contributed by atoms with Crippen LogP contribution in [0.5, 0.6) is 5.88 Å². The lowest BCUT2D eigenvalue weighted by atomic mass is 9.99. The maximum atomic E-state index is 12.7. The third kappa shape index (κ3) is 2.98. The number of carbonyl (C=O) groups is 2. The van der Waals surface area contributed by atoms with Crippen molar-refractivity contribution < 1.29 is 22.7 Å². The third-order valence-electron chi connectivity index (χ3n) is 5.71. The molecule has 1 aromatic carbocycles. The van der Waals surface area contributed by atoms with E-state index in [9.17, 15) is 18.0 Å². The molecule has 0 unspecified atom stereocenters. The number of nitrogens with one attached hydrogen (secondary N) is 2. The average molecular weight is 416 g/mol. The Morgan fingerprint density at radius 1 is 1.07 bits per heavy atom. The van der Waals surface area contributed by atoms with Crippen LogP contribution < -0.4 is 14.8 Å². The Labute approximate surface area is 167 Å². The summed E-state index contributed by atoms with van der Waals surface area (Å²) >= 11 is 0. The molecule has 2 aliphatic carbocycles. The van der Waals surface area contributed by atoms with Crippen LogP contribution in [0.3, 0.4) is 0 Å². The van der Waals surface area contributed by atoms with Gasteiger partial charge in [0.2, 0.25) is 5.88 Å². The molecule has 2 aromatic rings. The van der Waals surface area contributed by atoms with Gasteiger partial charge in [-0.3, -0.25) is 4.79 Å². The number of benzene rings is 1. The number of hydrogen-bond donors (Lipinski definition) is 2. The van der Waals surface area contributed by atoms with E-state index in [0.717, 1.165) is 66.2 Å². The van der Waals surface area contributed by atoms with Gasteiger partial charge in [0.1, 0.15) is 0 Å². The van der Waals surface area contributed by atoms with Gasteiger partial charge < -0.3 is 10.1 Å². The van der Waals surface area contributed by atoms with Crippen LogP contribution in [-0.4, -0.2) is 36.7 Å². The van der Waals surface area contributed by atoms with Crippen LogP contribution in [0.1, 0.15) is 46.3 Å². The first-order valence-corrected chi connectivity index (χ1v) is 11.2. The maximum absolute atomic E-state index is 12.7. The van der Waals surface area contributed by atoms with E-state index in [4.69, 9.17) is 4.74 Å². The molecule has 5 rings (SSSR count). The van der Waals surface area contributed by atoms with Crippen molar-refractivity contribution in [2.75, 3.05) is 11.9 Å². The summed E-state index contributed by atoms with van der Waals surface area (Å²) in [5, 5.41) is 6.57. The Balaban J connectivity index is 1.42. The van der Waals surface area contributed by atoms with Crippen molar-refractivity contribution in [3.8, 4) is 5.88 Å². The molecule has 2 amide bonds. The highest BCUT2D eigenvalue weighted by atomic mass is 32.2. The quantitative estimate of drug-likeness (QED) is 0.787. The molecule has 0 bridgehead atoms. The van der Waals surface area contributed by atoms with Gasteiger partial charge in [0.15, 0.2) is 4.90 Å². The van der Waals surface area contributed by atoms with Crippen molar-refractivity contribution >= 4 is 27.6 Å². The predicted molar refractivity (Wildman–Crippen MR) is 103 cm³/mol. The largest absolute Gasteiger partial charge is 0.476 e. The highest BCUT2D eigenvalue weighted by Gasteiger charge is 2.32. The molecule has 10 heteroatoms. The molecule has 0 atom stereocenters. The second-order valence-corrected chi connectivity index (χ2v) is 9.16. The lowest BCUT2D eigenvalue weighted by Gasteiger charge is -2.17. The summed E-state index contributed by atoms with van der Waals surface area (Å²) in [5.41, 5.74) is 5.44. The van der Waals surface area contributed by atoms with Crippen molar-refractivity contribution in [1.29, 1.82) is 0 Å². The number of anilines is 1. The molecule has 1 aromatic heterocycles. The molecular weight excluding hydrogens is 396 g/mol. The Kier molecular flexibility index (Phi) is 4.12. The zero-order valence-corrected chi connectivity index (χ0v) is 16.5. The lowest BCUT2D eigenvalue weighted by molar-refractivity contribution is 0.0794. The number of amides is 2. The van der Waals surface area contributed by atoms with Gasteiger partial charge in [-0.15, -0.1) is 0 Å². The molecule has 0 spiro atoms. The van der Waals surface area contributed by atoms with Crippen molar-refractivity contribution in [3.05, 3.63) is 34.5 Å². The summed E-state index contributed by atoms with van der Waals surface area (Å²) in [7, 11) is -4.25. The van der Waals surface area contributed by atoms with Crippen LogP contribution in [0, 0.1) is 0 Å². The number of fused-ring (bicyclic) bond motifs is 3. The Bertz CT molecular complexity index is 1120. The molecule has 1 aliphatic heterocycles. The van der Waals surface area contributed by atoms with Crippen molar-refractivity contribution in [2.45, 2.75) is 49.8 Å². The van der Waals surface area contributed by atoms with Crippen LogP contribution in [-0.2, 0) is 35.7 Å². The molecule has 3 aliphatic rings. The summed E-state index contributed by atoms with van der Waals surface area (Å²) in [6.45, 7) is 0.0710.